The monoisotopic (exact) mass is 450 g/mol. The van der Waals surface area contributed by atoms with Crippen LogP contribution in [-0.4, -0.2) is 41.4 Å². The third kappa shape index (κ3) is 4.06. The maximum absolute atomic E-state index is 13.0. The molecule has 9 heteroatoms. The Balaban J connectivity index is 1.46. The Kier molecular flexibility index (Phi) is 5.67. The van der Waals surface area contributed by atoms with Gasteiger partial charge in [-0.05, 0) is 43.7 Å². The van der Waals surface area contributed by atoms with Crippen LogP contribution in [0.4, 0.5) is 10.5 Å². The topological polar surface area (TPSA) is 101 Å². The Labute approximate surface area is 189 Å². The van der Waals surface area contributed by atoms with Gasteiger partial charge in [0.2, 0.25) is 5.91 Å². The fourth-order valence-corrected chi connectivity index (χ4v) is 4.18. The molecule has 164 valence electrons. The highest BCUT2D eigenvalue weighted by molar-refractivity contribution is 7.09. The number of hydrogen-bond acceptors (Lipinski definition) is 6. The number of ether oxygens (including phenoxy) is 1. The lowest BCUT2D eigenvalue weighted by Crippen LogP contribution is -2.42. The van der Waals surface area contributed by atoms with Gasteiger partial charge in [0, 0.05) is 16.6 Å². The molecule has 1 aromatic heterocycles. The van der Waals surface area contributed by atoms with E-state index in [1.54, 1.807) is 61.8 Å². The first kappa shape index (κ1) is 21.5. The molecule has 2 heterocycles. The number of benzene rings is 2. The molecular formula is C23H22N4O4S. The predicted molar refractivity (Wildman–Crippen MR) is 122 cm³/mol. The molecule has 8 nitrogen and oxygen atoms in total. The first-order valence-corrected chi connectivity index (χ1v) is 10.8. The highest BCUT2D eigenvalue weighted by Gasteiger charge is 2.49. The zero-order valence-corrected chi connectivity index (χ0v) is 18.7. The molecule has 1 fully saturated rings. The minimum Gasteiger partial charge on any atom is -0.497 e. The molecule has 2 aromatic carbocycles. The molecule has 0 spiro atoms. The molecule has 1 saturated heterocycles. The van der Waals surface area contributed by atoms with E-state index >= 15 is 0 Å². The second-order valence-electron chi connectivity index (χ2n) is 7.56. The van der Waals surface area contributed by atoms with E-state index in [0.29, 0.717) is 17.0 Å². The third-order valence-corrected chi connectivity index (χ3v) is 6.08. The van der Waals surface area contributed by atoms with Gasteiger partial charge in [0.1, 0.15) is 17.8 Å². The average molecular weight is 451 g/mol. The van der Waals surface area contributed by atoms with E-state index < -0.39 is 29.9 Å². The Morgan fingerprint density at radius 3 is 2.62 bits per heavy atom. The van der Waals surface area contributed by atoms with Gasteiger partial charge in [0.05, 0.1) is 17.8 Å². The first-order valence-electron chi connectivity index (χ1n) is 9.91. The lowest BCUT2D eigenvalue weighted by atomic mass is 9.92. The summed E-state index contributed by atoms with van der Waals surface area (Å²) in [5.74, 6) is -0.325. The number of aromatic nitrogens is 1. The predicted octanol–water partition coefficient (Wildman–Crippen LogP) is 3.53. The number of imide groups is 1. The van der Waals surface area contributed by atoms with E-state index in [-0.39, 0.29) is 0 Å². The first-order chi connectivity index (χ1) is 15.3. The van der Waals surface area contributed by atoms with Gasteiger partial charge in [0.15, 0.2) is 0 Å². The second kappa shape index (κ2) is 8.43. The SMILES string of the molecule is COc1ccc([C@@]2(C)NC(=O)N(CC(=O)Nc3cccc(-c4csc(C)n4)c3)C2=O)cc1. The van der Waals surface area contributed by atoms with Crippen LogP contribution < -0.4 is 15.4 Å². The van der Waals surface area contributed by atoms with E-state index in [2.05, 4.69) is 15.6 Å². The van der Waals surface area contributed by atoms with E-state index in [1.165, 1.54) is 0 Å². The van der Waals surface area contributed by atoms with Crippen molar-refractivity contribution in [2.24, 2.45) is 0 Å². The number of amides is 4. The quantitative estimate of drug-likeness (QED) is 0.560. The fraction of sp³-hybridized carbons (Fsp3) is 0.217. The van der Waals surface area contributed by atoms with Gasteiger partial charge in [-0.2, -0.15) is 0 Å². The van der Waals surface area contributed by atoms with Crippen LogP contribution in [0.5, 0.6) is 5.75 Å². The smallest absolute Gasteiger partial charge is 0.325 e. The molecule has 4 rings (SSSR count). The number of nitrogens with one attached hydrogen (secondary N) is 2. The number of anilines is 1. The molecule has 1 atom stereocenters. The summed E-state index contributed by atoms with van der Waals surface area (Å²) >= 11 is 1.55. The fourth-order valence-electron chi connectivity index (χ4n) is 3.56. The van der Waals surface area contributed by atoms with Gasteiger partial charge in [-0.25, -0.2) is 9.78 Å². The summed E-state index contributed by atoms with van der Waals surface area (Å²) in [5, 5.41) is 8.35. The van der Waals surface area contributed by atoms with E-state index in [1.807, 2.05) is 24.4 Å². The Morgan fingerprint density at radius 1 is 1.22 bits per heavy atom. The normalized spacial score (nSPS) is 17.9. The highest BCUT2D eigenvalue weighted by Crippen LogP contribution is 2.30. The molecule has 0 saturated carbocycles. The van der Waals surface area contributed by atoms with Crippen LogP contribution in [0.1, 0.15) is 17.5 Å². The molecule has 0 unspecified atom stereocenters. The third-order valence-electron chi connectivity index (χ3n) is 5.31. The number of rotatable bonds is 6. The number of aryl methyl sites for hydroxylation is 1. The van der Waals surface area contributed by atoms with E-state index in [4.69, 9.17) is 4.74 Å². The van der Waals surface area contributed by atoms with Crippen molar-refractivity contribution >= 4 is 34.9 Å². The van der Waals surface area contributed by atoms with E-state index in [0.717, 1.165) is 21.2 Å². The minimum atomic E-state index is -1.26. The average Bonchev–Trinajstić information content (AvgIpc) is 3.31. The second-order valence-corrected chi connectivity index (χ2v) is 8.62. The molecule has 0 bridgehead atoms. The highest BCUT2D eigenvalue weighted by atomic mass is 32.1. The van der Waals surface area contributed by atoms with Crippen molar-refractivity contribution in [1.29, 1.82) is 0 Å². The van der Waals surface area contributed by atoms with Crippen molar-refractivity contribution in [3.8, 4) is 17.0 Å². The summed E-state index contributed by atoms with van der Waals surface area (Å²) in [5.41, 5.74) is 1.60. The van der Waals surface area contributed by atoms with Crippen molar-refractivity contribution in [3.63, 3.8) is 0 Å². The maximum Gasteiger partial charge on any atom is 0.325 e. The molecule has 0 aliphatic carbocycles. The molecule has 1 aliphatic heterocycles. The molecule has 0 radical (unpaired) electrons. The number of carbonyl (C=O) groups excluding carboxylic acids is 3. The van der Waals surface area contributed by atoms with Gasteiger partial charge in [-0.1, -0.05) is 24.3 Å². The number of hydrogen-bond donors (Lipinski definition) is 2. The Bertz CT molecular complexity index is 1190. The van der Waals surface area contributed by atoms with Gasteiger partial charge in [-0.15, -0.1) is 11.3 Å². The molecule has 32 heavy (non-hydrogen) atoms. The molecular weight excluding hydrogens is 428 g/mol. The molecule has 2 N–H and O–H groups in total. The van der Waals surface area contributed by atoms with Gasteiger partial charge < -0.3 is 15.4 Å². The lowest BCUT2D eigenvalue weighted by Gasteiger charge is -2.22. The van der Waals surface area contributed by atoms with Gasteiger partial charge in [-0.3, -0.25) is 14.5 Å². The summed E-state index contributed by atoms with van der Waals surface area (Å²) in [7, 11) is 1.55. The molecule has 4 amide bonds. The number of thiazole rings is 1. The molecule has 1 aliphatic rings. The zero-order chi connectivity index (χ0) is 22.9. The zero-order valence-electron chi connectivity index (χ0n) is 17.8. The summed E-state index contributed by atoms with van der Waals surface area (Å²) in [6.07, 6.45) is 0. The standard InChI is InChI=1S/C23H22N4O4S/c1-14-24-19(13-32-14)15-5-4-6-17(11-15)25-20(28)12-27-21(29)23(2,26-22(27)30)16-7-9-18(31-3)10-8-16/h4-11,13H,12H2,1-3H3,(H,25,28)(H,26,30)/t23-/m1/s1. The van der Waals surface area contributed by atoms with Crippen LogP contribution in [0.15, 0.2) is 53.9 Å². The minimum absolute atomic E-state index is 0.392. The van der Waals surface area contributed by atoms with Crippen molar-refractivity contribution in [2.45, 2.75) is 19.4 Å². The summed E-state index contributed by atoms with van der Waals surface area (Å²) in [6, 6.07) is 13.5. The van der Waals surface area contributed by atoms with Crippen LogP contribution in [0, 0.1) is 6.92 Å². The maximum atomic E-state index is 13.0. The van der Waals surface area contributed by atoms with Crippen LogP contribution >= 0.6 is 11.3 Å². The van der Waals surface area contributed by atoms with Gasteiger partial charge in [0.25, 0.3) is 5.91 Å². The van der Waals surface area contributed by atoms with Crippen molar-refractivity contribution in [3.05, 3.63) is 64.5 Å². The largest absolute Gasteiger partial charge is 0.497 e. The summed E-state index contributed by atoms with van der Waals surface area (Å²) in [6.45, 7) is 3.15. The van der Waals surface area contributed by atoms with Crippen molar-refractivity contribution < 1.29 is 19.1 Å². The Hall–Kier alpha value is -3.72. The number of carbonyl (C=O) groups is 3. The van der Waals surface area contributed by atoms with Crippen molar-refractivity contribution in [2.75, 3.05) is 19.0 Å². The van der Waals surface area contributed by atoms with Crippen LogP contribution in [0.25, 0.3) is 11.3 Å². The van der Waals surface area contributed by atoms with Gasteiger partial charge >= 0.3 is 6.03 Å². The number of methoxy groups -OCH3 is 1. The lowest BCUT2D eigenvalue weighted by molar-refractivity contribution is -0.133. The summed E-state index contributed by atoms with van der Waals surface area (Å²) < 4.78 is 5.14. The van der Waals surface area contributed by atoms with Crippen molar-refractivity contribution in [1.82, 2.24) is 15.2 Å². The van der Waals surface area contributed by atoms with Crippen LogP contribution in [-0.2, 0) is 15.1 Å². The van der Waals surface area contributed by atoms with Crippen LogP contribution in [0.3, 0.4) is 0 Å². The summed E-state index contributed by atoms with van der Waals surface area (Å²) in [4.78, 5) is 43.6. The Morgan fingerprint density at radius 2 is 1.97 bits per heavy atom. The van der Waals surface area contributed by atoms with E-state index in [9.17, 15) is 14.4 Å². The number of urea groups is 1. The number of nitrogens with zero attached hydrogens (tertiary/aromatic N) is 2. The molecule has 3 aromatic rings. The van der Waals surface area contributed by atoms with Crippen LogP contribution in [0.2, 0.25) is 0 Å².